The molecule has 1 atom stereocenters. The summed E-state index contributed by atoms with van der Waals surface area (Å²) in [6, 6.07) is 6.60. The molecule has 3 rings (SSSR count). The minimum absolute atomic E-state index is 0.216. The summed E-state index contributed by atoms with van der Waals surface area (Å²) in [4.78, 5) is 0.216. The molecule has 0 spiro atoms. The van der Waals surface area contributed by atoms with E-state index in [0.717, 1.165) is 29.7 Å². The highest BCUT2D eigenvalue weighted by Crippen LogP contribution is 2.35. The van der Waals surface area contributed by atoms with Gasteiger partial charge in [0.1, 0.15) is 0 Å². The van der Waals surface area contributed by atoms with E-state index in [1.54, 1.807) is 24.4 Å². The van der Waals surface area contributed by atoms with Crippen molar-refractivity contribution in [1.82, 2.24) is 9.29 Å². The first kappa shape index (κ1) is 14.6. The van der Waals surface area contributed by atoms with Crippen molar-refractivity contribution in [3.05, 3.63) is 52.3 Å². The van der Waals surface area contributed by atoms with Crippen molar-refractivity contribution >= 4 is 21.6 Å². The zero-order chi connectivity index (χ0) is 15.2. The van der Waals surface area contributed by atoms with Gasteiger partial charge >= 0.3 is 0 Å². The van der Waals surface area contributed by atoms with Gasteiger partial charge in [-0.25, -0.2) is 12.4 Å². The molecule has 1 N–H and O–H groups in total. The Morgan fingerprint density at radius 1 is 1.38 bits per heavy atom. The summed E-state index contributed by atoms with van der Waals surface area (Å²) < 4.78 is 27.0. The van der Waals surface area contributed by atoms with Crippen molar-refractivity contribution < 1.29 is 8.42 Å². The van der Waals surface area contributed by atoms with E-state index in [2.05, 4.69) is 5.32 Å². The molecule has 0 saturated heterocycles. The van der Waals surface area contributed by atoms with E-state index in [1.165, 1.54) is 10.0 Å². The average molecular weight is 325 g/mol. The van der Waals surface area contributed by atoms with Crippen LogP contribution in [0.2, 0.25) is 5.02 Å². The van der Waals surface area contributed by atoms with Crippen molar-refractivity contribution in [2.75, 3.05) is 7.05 Å². The van der Waals surface area contributed by atoms with Crippen LogP contribution in [-0.2, 0) is 16.4 Å². The fourth-order valence-corrected chi connectivity index (χ4v) is 4.73. The summed E-state index contributed by atoms with van der Waals surface area (Å²) in [5, 5.41) is 3.65. The summed E-state index contributed by atoms with van der Waals surface area (Å²) in [6.07, 6.45) is 3.67. The lowest BCUT2D eigenvalue weighted by Crippen LogP contribution is -2.16. The van der Waals surface area contributed by atoms with Gasteiger partial charge < -0.3 is 5.32 Å². The van der Waals surface area contributed by atoms with Crippen LogP contribution in [0.4, 0.5) is 0 Å². The number of hydrogen-bond acceptors (Lipinski definition) is 3. The van der Waals surface area contributed by atoms with Gasteiger partial charge in [0, 0.05) is 23.0 Å². The Balaban J connectivity index is 2.13. The summed E-state index contributed by atoms with van der Waals surface area (Å²) in [5.74, 6) is 0. The van der Waals surface area contributed by atoms with Crippen LogP contribution in [-0.4, -0.2) is 19.4 Å². The molecule has 1 aromatic heterocycles. The van der Waals surface area contributed by atoms with Crippen LogP contribution in [0, 0.1) is 6.92 Å². The lowest BCUT2D eigenvalue weighted by Gasteiger charge is -2.11. The second-order valence-electron chi connectivity index (χ2n) is 5.29. The van der Waals surface area contributed by atoms with Crippen molar-refractivity contribution in [3.63, 3.8) is 0 Å². The van der Waals surface area contributed by atoms with Gasteiger partial charge in [-0.3, -0.25) is 0 Å². The molecule has 1 aliphatic rings. The van der Waals surface area contributed by atoms with E-state index < -0.39 is 10.0 Å². The highest BCUT2D eigenvalue weighted by molar-refractivity contribution is 7.90. The van der Waals surface area contributed by atoms with Crippen LogP contribution < -0.4 is 5.32 Å². The lowest BCUT2D eigenvalue weighted by atomic mass is 10.2. The van der Waals surface area contributed by atoms with Crippen LogP contribution >= 0.6 is 11.6 Å². The average Bonchev–Trinajstić information content (AvgIpc) is 2.99. The van der Waals surface area contributed by atoms with Gasteiger partial charge in [0.15, 0.2) is 0 Å². The second kappa shape index (κ2) is 5.16. The first-order valence-corrected chi connectivity index (χ1v) is 8.66. The van der Waals surface area contributed by atoms with Gasteiger partial charge in [-0.2, -0.15) is 0 Å². The molecule has 1 aromatic carbocycles. The third-order valence-corrected chi connectivity index (χ3v) is 6.11. The van der Waals surface area contributed by atoms with Crippen molar-refractivity contribution in [2.45, 2.75) is 30.7 Å². The first-order chi connectivity index (χ1) is 9.95. The minimum atomic E-state index is -3.60. The fraction of sp³-hybridized carbons (Fsp3) is 0.333. The number of halogens is 1. The Labute approximate surface area is 129 Å². The van der Waals surface area contributed by atoms with Gasteiger partial charge in [0.2, 0.25) is 0 Å². The highest BCUT2D eigenvalue weighted by Gasteiger charge is 2.29. The monoisotopic (exact) mass is 324 g/mol. The molecule has 1 unspecified atom stereocenters. The van der Waals surface area contributed by atoms with Crippen molar-refractivity contribution in [2.24, 2.45) is 0 Å². The Hall–Kier alpha value is -1.30. The van der Waals surface area contributed by atoms with Crippen LogP contribution in [0.5, 0.6) is 0 Å². The molecule has 0 amide bonds. The zero-order valence-corrected chi connectivity index (χ0v) is 13.5. The molecule has 2 aromatic rings. The second-order valence-corrected chi connectivity index (χ2v) is 7.54. The maximum Gasteiger partial charge on any atom is 0.267 e. The maximum absolute atomic E-state index is 12.8. The Morgan fingerprint density at radius 3 is 2.81 bits per heavy atom. The van der Waals surface area contributed by atoms with E-state index in [1.807, 2.05) is 14.0 Å². The molecule has 6 heteroatoms. The summed E-state index contributed by atoms with van der Waals surface area (Å²) in [5.41, 5.74) is 3.02. The number of nitrogens with one attached hydrogen (secondary N) is 1. The van der Waals surface area contributed by atoms with Crippen LogP contribution in [0.15, 0.2) is 35.4 Å². The topological polar surface area (TPSA) is 51.1 Å². The predicted molar refractivity (Wildman–Crippen MR) is 83.3 cm³/mol. The molecule has 112 valence electrons. The van der Waals surface area contributed by atoms with E-state index in [4.69, 9.17) is 11.6 Å². The van der Waals surface area contributed by atoms with Crippen LogP contribution in [0.3, 0.4) is 0 Å². The third kappa shape index (κ3) is 2.29. The first-order valence-electron chi connectivity index (χ1n) is 6.84. The SMILES string of the molecule is CNC1CCc2c1cn(S(=O)(=O)c1cccc(Cl)c1)c2C. The molecule has 0 saturated carbocycles. The summed E-state index contributed by atoms with van der Waals surface area (Å²) in [7, 11) is -1.70. The Bertz CT molecular complexity index is 796. The van der Waals surface area contributed by atoms with Gasteiger partial charge in [-0.05, 0) is 56.1 Å². The molecule has 0 fully saturated rings. The van der Waals surface area contributed by atoms with E-state index in [-0.39, 0.29) is 10.9 Å². The number of aromatic nitrogens is 1. The molecule has 0 aliphatic heterocycles. The summed E-state index contributed by atoms with van der Waals surface area (Å²) in [6.45, 7) is 1.86. The van der Waals surface area contributed by atoms with Crippen LogP contribution in [0.1, 0.15) is 29.3 Å². The standard InChI is InChI=1S/C15H17ClN2O2S/c1-10-13-6-7-15(17-2)14(13)9-18(10)21(19,20)12-5-3-4-11(16)8-12/h3-5,8-9,15,17H,6-7H2,1-2H3. The van der Waals surface area contributed by atoms with E-state index in [0.29, 0.717) is 5.02 Å². The van der Waals surface area contributed by atoms with Crippen LogP contribution in [0.25, 0.3) is 0 Å². The quantitative estimate of drug-likeness (QED) is 0.944. The molecule has 0 radical (unpaired) electrons. The number of benzene rings is 1. The smallest absolute Gasteiger partial charge is 0.267 e. The Kier molecular flexibility index (Phi) is 3.59. The molecule has 1 heterocycles. The van der Waals surface area contributed by atoms with Gasteiger partial charge in [0.25, 0.3) is 10.0 Å². The predicted octanol–water partition coefficient (Wildman–Crippen LogP) is 2.89. The molecular weight excluding hydrogens is 308 g/mol. The number of hydrogen-bond donors (Lipinski definition) is 1. The molecule has 1 aliphatic carbocycles. The Morgan fingerprint density at radius 2 is 2.14 bits per heavy atom. The van der Waals surface area contributed by atoms with Crippen molar-refractivity contribution in [1.29, 1.82) is 0 Å². The van der Waals surface area contributed by atoms with E-state index in [9.17, 15) is 8.42 Å². The van der Waals surface area contributed by atoms with Gasteiger partial charge in [-0.1, -0.05) is 17.7 Å². The minimum Gasteiger partial charge on any atom is -0.313 e. The number of nitrogens with zero attached hydrogens (tertiary/aromatic N) is 1. The third-order valence-electron chi connectivity index (χ3n) is 4.13. The molecule has 0 bridgehead atoms. The molecule has 4 nitrogen and oxygen atoms in total. The maximum atomic E-state index is 12.8. The lowest BCUT2D eigenvalue weighted by molar-refractivity contribution is 0.577. The molecular formula is C15H17ClN2O2S. The van der Waals surface area contributed by atoms with E-state index >= 15 is 0 Å². The summed E-state index contributed by atoms with van der Waals surface area (Å²) >= 11 is 5.91. The molecule has 21 heavy (non-hydrogen) atoms. The van der Waals surface area contributed by atoms with Gasteiger partial charge in [-0.15, -0.1) is 0 Å². The zero-order valence-electron chi connectivity index (χ0n) is 11.9. The van der Waals surface area contributed by atoms with Crippen molar-refractivity contribution in [3.8, 4) is 0 Å². The largest absolute Gasteiger partial charge is 0.313 e. The number of rotatable bonds is 3. The highest BCUT2D eigenvalue weighted by atomic mass is 35.5. The van der Waals surface area contributed by atoms with Gasteiger partial charge in [0.05, 0.1) is 4.90 Å². The number of fused-ring (bicyclic) bond motifs is 1. The fourth-order valence-electron chi connectivity index (χ4n) is 3.00. The normalized spacial score (nSPS) is 18.0.